The molecule has 2 aliphatic heterocycles. The predicted octanol–water partition coefficient (Wildman–Crippen LogP) is 0.241. The monoisotopic (exact) mass is 168 g/mol. The Hall–Kier alpha value is -0.900. The lowest BCUT2D eigenvalue weighted by Crippen LogP contribution is -2.15. The Morgan fingerprint density at radius 3 is 3.00 bits per heavy atom. The minimum Gasteiger partial charge on any atom is -0.381 e. The van der Waals surface area contributed by atoms with Gasteiger partial charge in [-0.15, -0.1) is 0 Å². The van der Waals surface area contributed by atoms with Gasteiger partial charge in [0.15, 0.2) is 0 Å². The number of amides is 1. The van der Waals surface area contributed by atoms with Crippen LogP contribution in [0.25, 0.3) is 0 Å². The maximum absolute atomic E-state index is 11.1. The molecule has 0 bridgehead atoms. The third kappa shape index (κ3) is 1.22. The van der Waals surface area contributed by atoms with Crippen molar-refractivity contribution in [3.05, 3.63) is 0 Å². The molecule has 0 spiro atoms. The van der Waals surface area contributed by atoms with Crippen molar-refractivity contribution in [2.24, 2.45) is 11.0 Å². The SMILES string of the molecule is CN1N=C(C2CCOC2)CC1=O. The van der Waals surface area contributed by atoms with Gasteiger partial charge < -0.3 is 4.74 Å². The van der Waals surface area contributed by atoms with Gasteiger partial charge in [-0.1, -0.05) is 0 Å². The molecule has 0 radical (unpaired) electrons. The summed E-state index contributed by atoms with van der Waals surface area (Å²) in [6, 6.07) is 0. The smallest absolute Gasteiger partial charge is 0.248 e. The Morgan fingerprint density at radius 1 is 1.67 bits per heavy atom. The minimum absolute atomic E-state index is 0.0944. The first-order chi connectivity index (χ1) is 5.77. The Bertz CT molecular complexity index is 231. The first-order valence-corrected chi connectivity index (χ1v) is 4.19. The van der Waals surface area contributed by atoms with Crippen molar-refractivity contribution in [3.63, 3.8) is 0 Å². The fraction of sp³-hybridized carbons (Fsp3) is 0.750. The summed E-state index contributed by atoms with van der Waals surface area (Å²) < 4.78 is 5.23. The number of carbonyl (C=O) groups excluding carboxylic acids is 1. The largest absolute Gasteiger partial charge is 0.381 e. The number of hydrazone groups is 1. The first kappa shape index (κ1) is 7.73. The van der Waals surface area contributed by atoms with Crippen LogP contribution in [0.4, 0.5) is 0 Å². The molecule has 2 aliphatic rings. The van der Waals surface area contributed by atoms with E-state index in [0.29, 0.717) is 12.3 Å². The molecule has 2 rings (SSSR count). The second-order valence-electron chi connectivity index (χ2n) is 3.25. The average Bonchev–Trinajstić information content (AvgIpc) is 2.61. The molecule has 1 atom stereocenters. The molecule has 0 aromatic heterocycles. The van der Waals surface area contributed by atoms with Gasteiger partial charge in [0.05, 0.1) is 18.7 Å². The van der Waals surface area contributed by atoms with Gasteiger partial charge in [-0.2, -0.15) is 5.10 Å². The van der Waals surface area contributed by atoms with E-state index in [1.807, 2.05) is 0 Å². The van der Waals surface area contributed by atoms with E-state index in [0.717, 1.165) is 25.3 Å². The number of carbonyl (C=O) groups is 1. The van der Waals surface area contributed by atoms with Crippen LogP contribution in [-0.4, -0.2) is 36.9 Å². The zero-order valence-electron chi connectivity index (χ0n) is 7.12. The summed E-state index contributed by atoms with van der Waals surface area (Å²) in [5.41, 5.74) is 1.00. The molecule has 66 valence electrons. The highest BCUT2D eigenvalue weighted by Crippen LogP contribution is 2.20. The highest BCUT2D eigenvalue weighted by atomic mass is 16.5. The van der Waals surface area contributed by atoms with Gasteiger partial charge >= 0.3 is 0 Å². The van der Waals surface area contributed by atoms with Crippen molar-refractivity contribution < 1.29 is 9.53 Å². The Morgan fingerprint density at radius 2 is 2.50 bits per heavy atom. The maximum atomic E-state index is 11.1. The Kier molecular flexibility index (Phi) is 1.84. The molecule has 0 aliphatic carbocycles. The van der Waals surface area contributed by atoms with Crippen molar-refractivity contribution in [2.75, 3.05) is 20.3 Å². The zero-order chi connectivity index (χ0) is 8.55. The van der Waals surface area contributed by atoms with Gasteiger partial charge in [0.25, 0.3) is 0 Å². The molecular formula is C8H12N2O2. The molecular weight excluding hydrogens is 156 g/mol. The number of ether oxygens (including phenoxy) is 1. The molecule has 1 amide bonds. The molecule has 0 aromatic rings. The van der Waals surface area contributed by atoms with Gasteiger partial charge in [-0.25, -0.2) is 5.01 Å². The van der Waals surface area contributed by atoms with Crippen molar-refractivity contribution in [1.29, 1.82) is 0 Å². The quantitative estimate of drug-likeness (QED) is 0.563. The van der Waals surface area contributed by atoms with E-state index in [9.17, 15) is 4.79 Å². The molecule has 4 heteroatoms. The summed E-state index contributed by atoms with van der Waals surface area (Å²) >= 11 is 0. The number of rotatable bonds is 1. The maximum Gasteiger partial charge on any atom is 0.248 e. The first-order valence-electron chi connectivity index (χ1n) is 4.19. The van der Waals surface area contributed by atoms with Crippen LogP contribution in [0, 0.1) is 5.92 Å². The average molecular weight is 168 g/mol. The van der Waals surface area contributed by atoms with Crippen molar-refractivity contribution in [2.45, 2.75) is 12.8 Å². The van der Waals surface area contributed by atoms with E-state index in [2.05, 4.69) is 5.10 Å². The topological polar surface area (TPSA) is 41.9 Å². The fourth-order valence-corrected chi connectivity index (χ4v) is 1.58. The van der Waals surface area contributed by atoms with Crippen molar-refractivity contribution in [3.8, 4) is 0 Å². The van der Waals surface area contributed by atoms with E-state index >= 15 is 0 Å². The molecule has 1 fully saturated rings. The molecule has 4 nitrogen and oxygen atoms in total. The van der Waals surface area contributed by atoms with Gasteiger partial charge in [0, 0.05) is 19.6 Å². The number of hydrogen-bond donors (Lipinski definition) is 0. The molecule has 0 N–H and O–H groups in total. The molecule has 0 saturated carbocycles. The number of nitrogens with zero attached hydrogens (tertiary/aromatic N) is 2. The second-order valence-corrected chi connectivity index (χ2v) is 3.25. The lowest BCUT2D eigenvalue weighted by Gasteiger charge is -2.03. The normalized spacial score (nSPS) is 29.8. The lowest BCUT2D eigenvalue weighted by molar-refractivity contribution is -0.127. The number of hydrogen-bond acceptors (Lipinski definition) is 3. The van der Waals surface area contributed by atoms with Crippen LogP contribution in [0.3, 0.4) is 0 Å². The van der Waals surface area contributed by atoms with Crippen LogP contribution < -0.4 is 0 Å². The fourth-order valence-electron chi connectivity index (χ4n) is 1.58. The van der Waals surface area contributed by atoms with E-state index in [-0.39, 0.29) is 5.91 Å². The van der Waals surface area contributed by atoms with Crippen LogP contribution in [0.2, 0.25) is 0 Å². The van der Waals surface area contributed by atoms with Gasteiger partial charge in [0.1, 0.15) is 0 Å². The third-order valence-electron chi connectivity index (χ3n) is 2.37. The van der Waals surface area contributed by atoms with E-state index < -0.39 is 0 Å². The minimum atomic E-state index is 0.0944. The van der Waals surface area contributed by atoms with Gasteiger partial charge in [-0.3, -0.25) is 4.79 Å². The van der Waals surface area contributed by atoms with Crippen LogP contribution >= 0.6 is 0 Å². The van der Waals surface area contributed by atoms with Crippen LogP contribution in [-0.2, 0) is 9.53 Å². The van der Waals surface area contributed by atoms with Crippen LogP contribution in [0.1, 0.15) is 12.8 Å². The zero-order valence-corrected chi connectivity index (χ0v) is 7.12. The molecule has 1 unspecified atom stereocenters. The molecule has 2 heterocycles. The summed E-state index contributed by atoms with van der Waals surface area (Å²) in [5, 5.41) is 5.60. The van der Waals surface area contributed by atoms with E-state index in [4.69, 9.17) is 4.74 Å². The van der Waals surface area contributed by atoms with Gasteiger partial charge in [0.2, 0.25) is 5.91 Å². The Balaban J connectivity index is 2.05. The van der Waals surface area contributed by atoms with Crippen LogP contribution in [0.5, 0.6) is 0 Å². The van der Waals surface area contributed by atoms with Gasteiger partial charge in [-0.05, 0) is 6.42 Å². The predicted molar refractivity (Wildman–Crippen MR) is 43.7 cm³/mol. The molecule has 0 aromatic carbocycles. The molecule has 12 heavy (non-hydrogen) atoms. The van der Waals surface area contributed by atoms with E-state index in [1.54, 1.807) is 7.05 Å². The van der Waals surface area contributed by atoms with Crippen molar-refractivity contribution in [1.82, 2.24) is 5.01 Å². The van der Waals surface area contributed by atoms with Crippen LogP contribution in [0.15, 0.2) is 5.10 Å². The summed E-state index contributed by atoms with van der Waals surface area (Å²) in [6.45, 7) is 1.54. The Labute approximate surface area is 71.2 Å². The second kappa shape index (κ2) is 2.86. The standard InChI is InChI=1S/C8H12N2O2/c1-10-8(11)4-7(9-10)6-2-3-12-5-6/h6H,2-5H2,1H3. The lowest BCUT2D eigenvalue weighted by atomic mass is 10.0. The highest BCUT2D eigenvalue weighted by Gasteiger charge is 2.29. The highest BCUT2D eigenvalue weighted by molar-refractivity contribution is 6.05. The van der Waals surface area contributed by atoms with Crippen molar-refractivity contribution >= 4 is 11.6 Å². The summed E-state index contributed by atoms with van der Waals surface area (Å²) in [4.78, 5) is 11.1. The molecule has 1 saturated heterocycles. The summed E-state index contributed by atoms with van der Waals surface area (Å²) in [6.07, 6.45) is 1.50. The summed E-state index contributed by atoms with van der Waals surface area (Å²) in [5.74, 6) is 0.482. The van der Waals surface area contributed by atoms with E-state index in [1.165, 1.54) is 5.01 Å². The third-order valence-corrected chi connectivity index (χ3v) is 2.37. The summed E-state index contributed by atoms with van der Waals surface area (Å²) in [7, 11) is 1.70.